The highest BCUT2D eigenvalue weighted by atomic mass is 16.5. The number of pyridine rings is 1. The molecule has 0 aliphatic heterocycles. The summed E-state index contributed by atoms with van der Waals surface area (Å²) in [6, 6.07) is 4.20. The third-order valence-corrected chi connectivity index (χ3v) is 4.45. The fraction of sp³-hybridized carbons (Fsp3) is 0.526. The van der Waals surface area contributed by atoms with E-state index < -0.39 is 0 Å². The topological polar surface area (TPSA) is 100 Å². The number of ether oxygens (including phenoxy) is 2. The van der Waals surface area contributed by atoms with Gasteiger partial charge in [-0.05, 0) is 39.2 Å². The van der Waals surface area contributed by atoms with Crippen molar-refractivity contribution in [2.24, 2.45) is 0 Å². The average Bonchev–Trinajstić information content (AvgIpc) is 3.24. The zero-order valence-electron chi connectivity index (χ0n) is 15.1. The fourth-order valence-electron chi connectivity index (χ4n) is 3.29. The van der Waals surface area contributed by atoms with Crippen molar-refractivity contribution in [2.75, 3.05) is 11.9 Å². The molecule has 2 unspecified atom stereocenters. The number of carbonyl (C=O) groups is 1. The van der Waals surface area contributed by atoms with E-state index >= 15 is 0 Å². The van der Waals surface area contributed by atoms with Gasteiger partial charge in [-0.15, -0.1) is 0 Å². The molecule has 1 saturated carbocycles. The Labute approximate surface area is 152 Å². The van der Waals surface area contributed by atoms with Crippen LogP contribution in [0.5, 0.6) is 0 Å². The summed E-state index contributed by atoms with van der Waals surface area (Å²) in [6.07, 6.45) is 6.47. The van der Waals surface area contributed by atoms with Gasteiger partial charge in [-0.1, -0.05) is 0 Å². The molecule has 2 aromatic heterocycles. The molecule has 1 aliphatic carbocycles. The van der Waals surface area contributed by atoms with E-state index in [0.29, 0.717) is 18.6 Å². The molecule has 2 heterocycles. The van der Waals surface area contributed by atoms with Gasteiger partial charge >= 0.3 is 5.97 Å². The number of nitriles is 1. The van der Waals surface area contributed by atoms with Crippen molar-refractivity contribution in [3.63, 3.8) is 0 Å². The number of hydrogen-bond donors (Lipinski definition) is 2. The molecule has 1 fully saturated rings. The number of nitrogens with one attached hydrogen (secondary N) is 2. The van der Waals surface area contributed by atoms with Crippen molar-refractivity contribution in [2.45, 2.75) is 57.8 Å². The smallest absolute Gasteiger partial charge is 0.342 e. The number of rotatable bonds is 7. The molecular formula is C19H24N4O3. The van der Waals surface area contributed by atoms with Gasteiger partial charge in [0.05, 0.1) is 37.0 Å². The molecule has 0 spiro atoms. The molecule has 1 aliphatic rings. The molecular weight excluding hydrogens is 332 g/mol. The molecule has 26 heavy (non-hydrogen) atoms. The van der Waals surface area contributed by atoms with Crippen LogP contribution in [0.25, 0.3) is 11.0 Å². The van der Waals surface area contributed by atoms with Gasteiger partial charge < -0.3 is 19.8 Å². The maximum atomic E-state index is 12.5. The molecule has 7 nitrogen and oxygen atoms in total. The minimum atomic E-state index is -0.377. The summed E-state index contributed by atoms with van der Waals surface area (Å²) in [6.45, 7) is 4.12. The monoisotopic (exact) mass is 356 g/mol. The summed E-state index contributed by atoms with van der Waals surface area (Å²) in [4.78, 5) is 19.9. The van der Waals surface area contributed by atoms with Crippen molar-refractivity contribution in [1.29, 1.82) is 5.26 Å². The molecule has 2 N–H and O–H groups in total. The van der Waals surface area contributed by atoms with E-state index in [1.54, 1.807) is 6.20 Å². The Balaban J connectivity index is 1.77. The largest absolute Gasteiger partial charge is 0.459 e. The summed E-state index contributed by atoms with van der Waals surface area (Å²) in [7, 11) is 0. The number of H-pyrrole nitrogens is 1. The first-order valence-electron chi connectivity index (χ1n) is 9.00. The average molecular weight is 356 g/mol. The van der Waals surface area contributed by atoms with Crippen LogP contribution < -0.4 is 5.32 Å². The Morgan fingerprint density at radius 2 is 2.35 bits per heavy atom. The number of carbonyl (C=O) groups excluding carboxylic acids is 1. The normalized spacial score (nSPS) is 19.6. The quantitative estimate of drug-likeness (QED) is 0.583. The van der Waals surface area contributed by atoms with Gasteiger partial charge in [-0.3, -0.25) is 0 Å². The molecule has 138 valence electrons. The highest BCUT2D eigenvalue weighted by Gasteiger charge is 2.27. The lowest BCUT2D eigenvalue weighted by Crippen LogP contribution is -2.21. The van der Waals surface area contributed by atoms with Crippen molar-refractivity contribution >= 4 is 22.7 Å². The van der Waals surface area contributed by atoms with Crippen LogP contribution >= 0.6 is 0 Å². The van der Waals surface area contributed by atoms with E-state index in [4.69, 9.17) is 14.7 Å². The molecule has 0 aromatic carbocycles. The van der Waals surface area contributed by atoms with Crippen LogP contribution in [0.2, 0.25) is 0 Å². The number of anilines is 1. The predicted octanol–water partition coefficient (Wildman–Crippen LogP) is 3.39. The zero-order chi connectivity index (χ0) is 18.5. The van der Waals surface area contributed by atoms with Crippen LogP contribution in [0.1, 0.15) is 49.9 Å². The lowest BCUT2D eigenvalue weighted by molar-refractivity contribution is 0.0379. The van der Waals surface area contributed by atoms with Crippen molar-refractivity contribution in [1.82, 2.24) is 9.97 Å². The molecule has 0 amide bonds. The predicted molar refractivity (Wildman–Crippen MR) is 97.9 cm³/mol. The van der Waals surface area contributed by atoms with E-state index in [0.717, 1.165) is 36.0 Å². The maximum Gasteiger partial charge on any atom is 0.342 e. The number of hydrogen-bond acceptors (Lipinski definition) is 6. The molecule has 2 atom stereocenters. The first-order valence-corrected chi connectivity index (χ1v) is 9.00. The van der Waals surface area contributed by atoms with Gasteiger partial charge in [0.2, 0.25) is 0 Å². The molecule has 3 rings (SSSR count). The Morgan fingerprint density at radius 1 is 1.50 bits per heavy atom. The maximum absolute atomic E-state index is 12.5. The van der Waals surface area contributed by atoms with Gasteiger partial charge in [0.15, 0.2) is 0 Å². The minimum absolute atomic E-state index is 0.149. The second kappa shape index (κ2) is 8.19. The third kappa shape index (κ3) is 4.14. The summed E-state index contributed by atoms with van der Waals surface area (Å²) in [5.41, 5.74) is 1.93. The van der Waals surface area contributed by atoms with Gasteiger partial charge in [-0.25, -0.2) is 9.78 Å². The SMILES string of the molecule is CC(C)OC(=O)c1cnc2[nH]ccc2c1NC1CCC(OCCC#N)C1. The first-order chi connectivity index (χ1) is 12.6. The van der Waals surface area contributed by atoms with Crippen LogP contribution in [-0.2, 0) is 9.47 Å². The lowest BCUT2D eigenvalue weighted by Gasteiger charge is -2.18. The molecule has 0 bridgehead atoms. The fourth-order valence-corrected chi connectivity index (χ4v) is 3.29. The van der Waals surface area contributed by atoms with Crippen LogP contribution in [0, 0.1) is 11.3 Å². The first kappa shape index (κ1) is 18.2. The van der Waals surface area contributed by atoms with Crippen LogP contribution in [-0.4, -0.2) is 40.8 Å². The Morgan fingerprint density at radius 3 is 3.12 bits per heavy atom. The minimum Gasteiger partial charge on any atom is -0.459 e. The Hall–Kier alpha value is -2.59. The van der Waals surface area contributed by atoms with Crippen LogP contribution in [0.3, 0.4) is 0 Å². The number of nitrogens with zero attached hydrogens (tertiary/aromatic N) is 2. The lowest BCUT2D eigenvalue weighted by atomic mass is 10.1. The summed E-state index contributed by atoms with van der Waals surface area (Å²) >= 11 is 0. The van der Waals surface area contributed by atoms with E-state index in [1.807, 2.05) is 26.1 Å². The number of aromatic nitrogens is 2. The van der Waals surface area contributed by atoms with Gasteiger partial charge in [0.25, 0.3) is 0 Å². The van der Waals surface area contributed by atoms with Crippen molar-refractivity contribution in [3.05, 3.63) is 24.0 Å². The standard InChI is InChI=1S/C19H24N4O3/c1-12(2)26-19(24)16-11-22-18-15(6-8-21-18)17(16)23-13-4-5-14(10-13)25-9-3-7-20/h6,8,11-14H,3-5,9-10H2,1-2H3,(H2,21,22,23). The van der Waals surface area contributed by atoms with Crippen LogP contribution in [0.15, 0.2) is 18.5 Å². The third-order valence-electron chi connectivity index (χ3n) is 4.45. The van der Waals surface area contributed by atoms with Crippen molar-refractivity contribution < 1.29 is 14.3 Å². The number of esters is 1. The highest BCUT2D eigenvalue weighted by molar-refractivity contribution is 6.04. The summed E-state index contributed by atoms with van der Waals surface area (Å²) in [5, 5.41) is 13.0. The second-order valence-electron chi connectivity index (χ2n) is 6.80. The Kier molecular flexibility index (Phi) is 5.74. The van der Waals surface area contributed by atoms with E-state index in [1.165, 1.54) is 0 Å². The van der Waals surface area contributed by atoms with Crippen molar-refractivity contribution in [3.8, 4) is 6.07 Å². The Bertz CT molecular complexity index is 809. The summed E-state index contributed by atoms with van der Waals surface area (Å²) < 4.78 is 11.1. The van der Waals surface area contributed by atoms with E-state index in [9.17, 15) is 4.79 Å². The van der Waals surface area contributed by atoms with Gasteiger partial charge in [0.1, 0.15) is 11.2 Å². The van der Waals surface area contributed by atoms with E-state index in [-0.39, 0.29) is 24.2 Å². The second-order valence-corrected chi connectivity index (χ2v) is 6.80. The summed E-state index contributed by atoms with van der Waals surface area (Å²) in [5.74, 6) is -0.377. The van der Waals surface area contributed by atoms with Gasteiger partial charge in [-0.2, -0.15) is 5.26 Å². The van der Waals surface area contributed by atoms with Gasteiger partial charge in [0, 0.05) is 23.8 Å². The number of aromatic amines is 1. The number of fused-ring (bicyclic) bond motifs is 1. The van der Waals surface area contributed by atoms with Crippen LogP contribution in [0.4, 0.5) is 5.69 Å². The van der Waals surface area contributed by atoms with E-state index in [2.05, 4.69) is 21.4 Å². The molecule has 0 saturated heterocycles. The molecule has 7 heteroatoms. The molecule has 2 aromatic rings. The highest BCUT2D eigenvalue weighted by Crippen LogP contribution is 2.31. The zero-order valence-corrected chi connectivity index (χ0v) is 15.1. The molecule has 0 radical (unpaired) electrons.